The second kappa shape index (κ2) is 7.29. The number of rotatable bonds is 5. The standard InChI is InChI=1S/C19H21N5OS/c1-23-13-15(18(22-23)16-5-4-10-26-16)19(25)21-12-14-6-7-17(20-11-14)24-8-2-3-9-24/h4-7,10-11,13H,2-3,8-9,12H2,1H3,(H,21,25). The number of amides is 1. The van der Waals surface area contributed by atoms with Gasteiger partial charge in [0.05, 0.1) is 10.4 Å². The molecule has 1 aliphatic heterocycles. The highest BCUT2D eigenvalue weighted by molar-refractivity contribution is 7.13. The fourth-order valence-electron chi connectivity index (χ4n) is 3.18. The molecule has 1 aliphatic rings. The van der Waals surface area contributed by atoms with Crippen LogP contribution < -0.4 is 10.2 Å². The molecule has 0 radical (unpaired) electrons. The number of nitrogens with zero attached hydrogens (tertiary/aromatic N) is 4. The Morgan fingerprint density at radius 2 is 2.12 bits per heavy atom. The minimum atomic E-state index is -0.120. The Labute approximate surface area is 156 Å². The van der Waals surface area contributed by atoms with Crippen molar-refractivity contribution in [1.82, 2.24) is 20.1 Å². The Bertz CT molecular complexity index is 879. The van der Waals surface area contributed by atoms with E-state index in [0.29, 0.717) is 12.1 Å². The van der Waals surface area contributed by atoms with Crippen molar-refractivity contribution >= 4 is 23.1 Å². The number of carbonyl (C=O) groups is 1. The quantitative estimate of drug-likeness (QED) is 0.753. The third kappa shape index (κ3) is 3.48. The lowest BCUT2D eigenvalue weighted by Crippen LogP contribution is -2.23. The Morgan fingerprint density at radius 1 is 1.27 bits per heavy atom. The number of pyridine rings is 1. The molecule has 0 atom stereocenters. The molecule has 0 aliphatic carbocycles. The molecule has 1 N–H and O–H groups in total. The third-order valence-corrected chi connectivity index (χ3v) is 5.40. The maximum absolute atomic E-state index is 12.6. The van der Waals surface area contributed by atoms with Crippen LogP contribution in [0.2, 0.25) is 0 Å². The molecule has 26 heavy (non-hydrogen) atoms. The fourth-order valence-corrected chi connectivity index (χ4v) is 3.91. The zero-order chi connectivity index (χ0) is 17.9. The van der Waals surface area contributed by atoms with E-state index in [4.69, 9.17) is 0 Å². The first-order chi connectivity index (χ1) is 12.7. The molecule has 0 aromatic carbocycles. The lowest BCUT2D eigenvalue weighted by atomic mass is 10.2. The molecule has 0 unspecified atom stereocenters. The van der Waals surface area contributed by atoms with Gasteiger partial charge in [-0.3, -0.25) is 9.48 Å². The monoisotopic (exact) mass is 367 g/mol. The molecule has 4 heterocycles. The Hall–Kier alpha value is -2.67. The minimum Gasteiger partial charge on any atom is -0.357 e. The van der Waals surface area contributed by atoms with Crippen molar-refractivity contribution in [1.29, 1.82) is 0 Å². The topological polar surface area (TPSA) is 63.1 Å². The van der Waals surface area contributed by atoms with E-state index in [1.807, 2.05) is 42.9 Å². The third-order valence-electron chi connectivity index (χ3n) is 4.52. The summed E-state index contributed by atoms with van der Waals surface area (Å²) in [4.78, 5) is 20.5. The fraction of sp³-hybridized carbons (Fsp3) is 0.316. The molecule has 3 aromatic rings. The zero-order valence-corrected chi connectivity index (χ0v) is 15.5. The van der Waals surface area contributed by atoms with Gasteiger partial charge in [0, 0.05) is 39.1 Å². The van der Waals surface area contributed by atoms with Gasteiger partial charge in [-0.25, -0.2) is 4.98 Å². The largest absolute Gasteiger partial charge is 0.357 e. The van der Waals surface area contributed by atoms with Gasteiger partial charge < -0.3 is 10.2 Å². The summed E-state index contributed by atoms with van der Waals surface area (Å²) < 4.78 is 1.68. The predicted octanol–water partition coefficient (Wildman–Crippen LogP) is 3.07. The lowest BCUT2D eigenvalue weighted by Gasteiger charge is -2.16. The Balaban J connectivity index is 1.43. The summed E-state index contributed by atoms with van der Waals surface area (Å²) in [5.74, 6) is 0.898. The van der Waals surface area contributed by atoms with Crippen LogP contribution in [0.3, 0.4) is 0 Å². The maximum atomic E-state index is 12.6. The van der Waals surface area contributed by atoms with Crippen LogP contribution >= 0.6 is 11.3 Å². The Kier molecular flexibility index (Phi) is 4.71. The Morgan fingerprint density at radius 3 is 2.81 bits per heavy atom. The molecule has 7 heteroatoms. The summed E-state index contributed by atoms with van der Waals surface area (Å²) in [6.07, 6.45) is 6.07. The second-order valence-corrected chi connectivity index (χ2v) is 7.39. The predicted molar refractivity (Wildman–Crippen MR) is 103 cm³/mol. The number of nitrogens with one attached hydrogen (secondary N) is 1. The van der Waals surface area contributed by atoms with Crippen LogP contribution in [0.5, 0.6) is 0 Å². The average Bonchev–Trinajstić information content (AvgIpc) is 3.40. The van der Waals surface area contributed by atoms with E-state index in [-0.39, 0.29) is 5.91 Å². The van der Waals surface area contributed by atoms with Crippen LogP contribution in [0.1, 0.15) is 28.8 Å². The van der Waals surface area contributed by atoms with E-state index >= 15 is 0 Å². The van der Waals surface area contributed by atoms with Crippen molar-refractivity contribution in [3.63, 3.8) is 0 Å². The normalized spacial score (nSPS) is 14.0. The maximum Gasteiger partial charge on any atom is 0.255 e. The number of thiophene rings is 1. The first-order valence-corrected chi connectivity index (χ1v) is 9.64. The van der Waals surface area contributed by atoms with Gasteiger partial charge in [0.2, 0.25) is 0 Å². The first kappa shape index (κ1) is 16.8. The summed E-state index contributed by atoms with van der Waals surface area (Å²) in [6.45, 7) is 2.61. The summed E-state index contributed by atoms with van der Waals surface area (Å²) in [5.41, 5.74) is 2.31. The van der Waals surface area contributed by atoms with E-state index in [1.165, 1.54) is 12.8 Å². The van der Waals surface area contributed by atoms with Gasteiger partial charge in [-0.05, 0) is 35.9 Å². The molecule has 3 aromatic heterocycles. The summed E-state index contributed by atoms with van der Waals surface area (Å²) in [5, 5.41) is 9.40. The highest BCUT2D eigenvalue weighted by atomic mass is 32.1. The number of carbonyl (C=O) groups excluding carboxylic acids is 1. The van der Waals surface area contributed by atoms with Crippen LogP contribution in [0.15, 0.2) is 42.0 Å². The molecule has 4 rings (SSSR count). The van der Waals surface area contributed by atoms with Gasteiger partial charge in [0.25, 0.3) is 5.91 Å². The smallest absolute Gasteiger partial charge is 0.255 e. The van der Waals surface area contributed by atoms with Crippen LogP contribution in [-0.2, 0) is 13.6 Å². The molecule has 0 bridgehead atoms. The average molecular weight is 367 g/mol. The number of aromatic nitrogens is 3. The number of aryl methyl sites for hydroxylation is 1. The van der Waals surface area contributed by atoms with Crippen LogP contribution in [0.25, 0.3) is 10.6 Å². The van der Waals surface area contributed by atoms with Crippen molar-refractivity contribution in [2.45, 2.75) is 19.4 Å². The van der Waals surface area contributed by atoms with Crippen LogP contribution in [0.4, 0.5) is 5.82 Å². The molecule has 1 amide bonds. The van der Waals surface area contributed by atoms with Crippen molar-refractivity contribution in [2.24, 2.45) is 7.05 Å². The minimum absolute atomic E-state index is 0.120. The molecule has 0 spiro atoms. The molecule has 134 valence electrons. The van der Waals surface area contributed by atoms with E-state index in [9.17, 15) is 4.79 Å². The zero-order valence-electron chi connectivity index (χ0n) is 14.7. The number of anilines is 1. The van der Waals surface area contributed by atoms with E-state index in [2.05, 4.69) is 20.3 Å². The highest BCUT2D eigenvalue weighted by Gasteiger charge is 2.18. The van der Waals surface area contributed by atoms with Crippen LogP contribution in [0, 0.1) is 0 Å². The summed E-state index contributed by atoms with van der Waals surface area (Å²) >= 11 is 1.58. The van der Waals surface area contributed by atoms with Crippen LogP contribution in [-0.4, -0.2) is 33.8 Å². The van der Waals surface area contributed by atoms with Crippen molar-refractivity contribution in [2.75, 3.05) is 18.0 Å². The van der Waals surface area contributed by atoms with E-state index in [0.717, 1.165) is 35.0 Å². The lowest BCUT2D eigenvalue weighted by molar-refractivity contribution is 0.0951. The first-order valence-electron chi connectivity index (χ1n) is 8.76. The number of hydrogen-bond acceptors (Lipinski definition) is 5. The second-order valence-electron chi connectivity index (χ2n) is 6.44. The number of hydrogen-bond donors (Lipinski definition) is 1. The molecule has 1 fully saturated rings. The van der Waals surface area contributed by atoms with Crippen molar-refractivity contribution in [3.8, 4) is 10.6 Å². The van der Waals surface area contributed by atoms with Gasteiger partial charge in [-0.2, -0.15) is 5.10 Å². The van der Waals surface area contributed by atoms with Crippen molar-refractivity contribution < 1.29 is 4.79 Å². The van der Waals surface area contributed by atoms with Gasteiger partial charge in [-0.15, -0.1) is 11.3 Å². The SMILES string of the molecule is Cn1cc(C(=O)NCc2ccc(N3CCCC3)nc2)c(-c2cccs2)n1. The molecular weight excluding hydrogens is 346 g/mol. The summed E-state index contributed by atoms with van der Waals surface area (Å²) in [7, 11) is 1.83. The van der Waals surface area contributed by atoms with Gasteiger partial charge in [-0.1, -0.05) is 12.1 Å². The van der Waals surface area contributed by atoms with E-state index in [1.54, 1.807) is 22.2 Å². The van der Waals surface area contributed by atoms with Crippen molar-refractivity contribution in [3.05, 3.63) is 53.2 Å². The molecule has 1 saturated heterocycles. The van der Waals surface area contributed by atoms with Gasteiger partial charge in [0.15, 0.2) is 0 Å². The van der Waals surface area contributed by atoms with E-state index < -0.39 is 0 Å². The molecule has 0 saturated carbocycles. The molecule has 6 nitrogen and oxygen atoms in total. The molecular formula is C19H21N5OS. The van der Waals surface area contributed by atoms with Gasteiger partial charge in [0.1, 0.15) is 11.5 Å². The highest BCUT2D eigenvalue weighted by Crippen LogP contribution is 2.26. The van der Waals surface area contributed by atoms with Gasteiger partial charge >= 0.3 is 0 Å². The summed E-state index contributed by atoms with van der Waals surface area (Å²) in [6, 6.07) is 8.01.